The van der Waals surface area contributed by atoms with E-state index in [4.69, 9.17) is 16.3 Å². The number of alkyl halides is 1. The van der Waals surface area contributed by atoms with E-state index >= 15 is 0 Å². The minimum atomic E-state index is -0.490. The van der Waals surface area contributed by atoms with Crippen LogP contribution < -0.4 is 5.32 Å². The number of carbonyl (C=O) groups is 1. The highest BCUT2D eigenvalue weighted by Gasteiger charge is 2.41. The second-order valence-electron chi connectivity index (χ2n) is 3.04. The van der Waals surface area contributed by atoms with Crippen LogP contribution in [-0.4, -0.2) is 31.0 Å². The summed E-state index contributed by atoms with van der Waals surface area (Å²) in [5.41, 5.74) is -0.490. The normalized spacial score (nSPS) is 28.8. The molecule has 1 rings (SSSR count). The Hall–Kier alpha value is -0.280. The molecule has 70 valence electrons. The average molecular weight is 192 g/mol. The summed E-state index contributed by atoms with van der Waals surface area (Å²) in [6.45, 7) is 0.881. The van der Waals surface area contributed by atoms with E-state index in [9.17, 15) is 4.79 Å². The van der Waals surface area contributed by atoms with Crippen LogP contribution in [0.4, 0.5) is 0 Å². The van der Waals surface area contributed by atoms with Gasteiger partial charge in [-0.1, -0.05) is 0 Å². The second kappa shape index (κ2) is 4.10. The fraction of sp³-hybridized carbons (Fsp3) is 0.875. The van der Waals surface area contributed by atoms with E-state index in [1.807, 2.05) is 0 Å². The molecule has 0 amide bonds. The molecule has 0 unspecified atom stereocenters. The van der Waals surface area contributed by atoms with Crippen molar-refractivity contribution >= 4 is 17.6 Å². The van der Waals surface area contributed by atoms with Gasteiger partial charge in [0.2, 0.25) is 0 Å². The van der Waals surface area contributed by atoms with E-state index < -0.39 is 5.54 Å². The minimum Gasteiger partial charge on any atom is -0.468 e. The Kier molecular flexibility index (Phi) is 3.35. The number of rotatable bonds is 3. The Morgan fingerprint density at radius 2 is 2.50 bits per heavy atom. The highest BCUT2D eigenvalue weighted by molar-refractivity contribution is 6.18. The third-order valence-corrected chi connectivity index (χ3v) is 2.53. The zero-order valence-corrected chi connectivity index (χ0v) is 7.99. The molecule has 0 aromatic carbocycles. The zero-order chi connectivity index (χ0) is 9.03. The molecule has 1 saturated heterocycles. The molecule has 0 radical (unpaired) electrons. The molecule has 3 nitrogen and oxygen atoms in total. The topological polar surface area (TPSA) is 38.3 Å². The minimum absolute atomic E-state index is 0.180. The monoisotopic (exact) mass is 191 g/mol. The van der Waals surface area contributed by atoms with E-state index in [0.717, 1.165) is 19.4 Å². The maximum absolute atomic E-state index is 11.4. The molecule has 0 aromatic heterocycles. The molecule has 1 aliphatic heterocycles. The molecule has 4 heteroatoms. The van der Waals surface area contributed by atoms with Crippen LogP contribution in [0.1, 0.15) is 19.3 Å². The van der Waals surface area contributed by atoms with Gasteiger partial charge in [0, 0.05) is 5.88 Å². The van der Waals surface area contributed by atoms with Crippen LogP contribution in [0.15, 0.2) is 0 Å². The van der Waals surface area contributed by atoms with E-state index in [1.54, 1.807) is 0 Å². The van der Waals surface area contributed by atoms with Crippen molar-refractivity contribution in [2.45, 2.75) is 24.8 Å². The maximum atomic E-state index is 11.4. The highest BCUT2D eigenvalue weighted by atomic mass is 35.5. The Morgan fingerprint density at radius 1 is 1.75 bits per heavy atom. The molecule has 0 aromatic rings. The molecule has 1 N–H and O–H groups in total. The van der Waals surface area contributed by atoms with Crippen molar-refractivity contribution in [3.8, 4) is 0 Å². The number of hydrogen-bond donors (Lipinski definition) is 1. The summed E-state index contributed by atoms with van der Waals surface area (Å²) in [5.74, 6) is 0.308. The molecule has 1 fully saturated rings. The van der Waals surface area contributed by atoms with Crippen molar-refractivity contribution in [3.05, 3.63) is 0 Å². The predicted octanol–water partition coefficient (Wildman–Crippen LogP) is 0.910. The van der Waals surface area contributed by atoms with Gasteiger partial charge >= 0.3 is 5.97 Å². The average Bonchev–Trinajstić information content (AvgIpc) is 2.53. The first-order valence-electron chi connectivity index (χ1n) is 4.14. The first-order chi connectivity index (χ1) is 5.75. The summed E-state index contributed by atoms with van der Waals surface area (Å²) in [6, 6.07) is 0. The van der Waals surface area contributed by atoms with Gasteiger partial charge in [-0.2, -0.15) is 0 Å². The Morgan fingerprint density at radius 3 is 2.92 bits per heavy atom. The number of methoxy groups -OCH3 is 1. The summed E-state index contributed by atoms with van der Waals surface area (Å²) in [7, 11) is 1.41. The summed E-state index contributed by atoms with van der Waals surface area (Å²) in [5, 5.41) is 3.16. The van der Waals surface area contributed by atoms with Crippen LogP contribution in [-0.2, 0) is 9.53 Å². The van der Waals surface area contributed by atoms with E-state index in [1.165, 1.54) is 7.11 Å². The number of carbonyl (C=O) groups excluding carboxylic acids is 1. The maximum Gasteiger partial charge on any atom is 0.326 e. The number of halogens is 1. The van der Waals surface area contributed by atoms with Crippen molar-refractivity contribution in [1.82, 2.24) is 5.32 Å². The van der Waals surface area contributed by atoms with Crippen LogP contribution in [0.5, 0.6) is 0 Å². The van der Waals surface area contributed by atoms with Gasteiger partial charge in [0.25, 0.3) is 0 Å². The molecular weight excluding hydrogens is 178 g/mol. The lowest BCUT2D eigenvalue weighted by Gasteiger charge is -2.25. The van der Waals surface area contributed by atoms with Gasteiger partial charge < -0.3 is 10.1 Å². The van der Waals surface area contributed by atoms with Crippen molar-refractivity contribution < 1.29 is 9.53 Å². The van der Waals surface area contributed by atoms with Gasteiger partial charge in [0.05, 0.1) is 7.11 Å². The first-order valence-corrected chi connectivity index (χ1v) is 4.68. The van der Waals surface area contributed by atoms with E-state index in [0.29, 0.717) is 12.3 Å². The Labute approximate surface area is 77.4 Å². The van der Waals surface area contributed by atoms with E-state index in [-0.39, 0.29) is 5.97 Å². The highest BCUT2D eigenvalue weighted by Crippen LogP contribution is 2.24. The third-order valence-electron chi connectivity index (χ3n) is 2.34. The largest absolute Gasteiger partial charge is 0.468 e. The van der Waals surface area contributed by atoms with Gasteiger partial charge in [-0.05, 0) is 25.8 Å². The van der Waals surface area contributed by atoms with Crippen LogP contribution in [0, 0.1) is 0 Å². The molecule has 0 spiro atoms. The van der Waals surface area contributed by atoms with Crippen LogP contribution >= 0.6 is 11.6 Å². The summed E-state index contributed by atoms with van der Waals surface area (Å²) in [6.07, 6.45) is 2.51. The lowest BCUT2D eigenvalue weighted by Crippen LogP contribution is -2.48. The molecule has 1 atom stereocenters. The summed E-state index contributed by atoms with van der Waals surface area (Å²) in [4.78, 5) is 11.4. The summed E-state index contributed by atoms with van der Waals surface area (Å²) < 4.78 is 4.73. The quantitative estimate of drug-likeness (QED) is 0.533. The smallest absolute Gasteiger partial charge is 0.326 e. The second-order valence-corrected chi connectivity index (χ2v) is 3.42. The molecule has 1 heterocycles. The van der Waals surface area contributed by atoms with Gasteiger partial charge in [-0.25, -0.2) is 0 Å². The molecule has 0 aliphatic carbocycles. The van der Waals surface area contributed by atoms with E-state index in [2.05, 4.69) is 5.32 Å². The van der Waals surface area contributed by atoms with Crippen molar-refractivity contribution in [2.75, 3.05) is 19.5 Å². The van der Waals surface area contributed by atoms with Crippen LogP contribution in [0.2, 0.25) is 0 Å². The van der Waals surface area contributed by atoms with Gasteiger partial charge in [0.1, 0.15) is 5.54 Å². The predicted molar refractivity (Wildman–Crippen MR) is 47.3 cm³/mol. The van der Waals surface area contributed by atoms with Gasteiger partial charge in [-0.3, -0.25) is 4.79 Å². The number of esters is 1. The number of hydrogen-bond acceptors (Lipinski definition) is 3. The molecule has 1 aliphatic rings. The Balaban J connectivity index is 2.64. The van der Waals surface area contributed by atoms with Crippen LogP contribution in [0.3, 0.4) is 0 Å². The molecule has 0 bridgehead atoms. The number of nitrogens with one attached hydrogen (secondary N) is 1. The SMILES string of the molecule is COC(=O)[C@]1(CCCl)CCCN1. The van der Waals surface area contributed by atoms with Crippen molar-refractivity contribution in [1.29, 1.82) is 0 Å². The fourth-order valence-electron chi connectivity index (χ4n) is 1.65. The van der Waals surface area contributed by atoms with Gasteiger partial charge in [0.15, 0.2) is 0 Å². The Bertz CT molecular complexity index is 166. The van der Waals surface area contributed by atoms with Crippen molar-refractivity contribution in [2.24, 2.45) is 0 Å². The van der Waals surface area contributed by atoms with Crippen LogP contribution in [0.25, 0.3) is 0 Å². The lowest BCUT2D eigenvalue weighted by molar-refractivity contribution is -0.148. The molecule has 12 heavy (non-hydrogen) atoms. The lowest BCUT2D eigenvalue weighted by atomic mass is 9.94. The van der Waals surface area contributed by atoms with Crippen molar-refractivity contribution in [3.63, 3.8) is 0 Å². The number of ether oxygens (including phenoxy) is 1. The zero-order valence-electron chi connectivity index (χ0n) is 7.23. The molecular formula is C8H14ClNO2. The van der Waals surface area contributed by atoms with Gasteiger partial charge in [-0.15, -0.1) is 11.6 Å². The standard InChI is InChI=1S/C8H14ClNO2/c1-12-7(11)8(4-5-9)3-2-6-10-8/h10H,2-6H2,1H3/t8-/m1/s1. The fourth-order valence-corrected chi connectivity index (χ4v) is 1.98. The summed E-state index contributed by atoms with van der Waals surface area (Å²) >= 11 is 5.62. The first kappa shape index (κ1) is 9.81. The third kappa shape index (κ3) is 1.72. The molecule has 0 saturated carbocycles.